The zero-order chi connectivity index (χ0) is 29.1. The van der Waals surface area contributed by atoms with Crippen LogP contribution in [0, 0.1) is 18.2 Å². The molecule has 220 valence electrons. The minimum atomic E-state index is -0.521. The highest BCUT2D eigenvalue weighted by atomic mass is 19.1. The van der Waals surface area contributed by atoms with Gasteiger partial charge in [0.15, 0.2) is 5.82 Å². The van der Waals surface area contributed by atoms with Gasteiger partial charge in [-0.25, -0.2) is 4.39 Å². The van der Waals surface area contributed by atoms with E-state index in [9.17, 15) is 0 Å². The van der Waals surface area contributed by atoms with Gasteiger partial charge in [0.1, 0.15) is 29.4 Å². The number of ether oxygens (including phenoxy) is 2. The number of benzene rings is 2. The van der Waals surface area contributed by atoms with Crippen molar-refractivity contribution in [3.8, 4) is 35.4 Å². The van der Waals surface area contributed by atoms with E-state index in [4.69, 9.17) is 30.8 Å². The van der Waals surface area contributed by atoms with Crippen LogP contribution in [0.1, 0.15) is 44.1 Å². The molecule has 2 aromatic heterocycles. The largest absolute Gasteiger partial charge is 0.497 e. The first-order chi connectivity index (χ1) is 21.0. The molecule has 0 unspecified atom stereocenters. The zero-order valence-corrected chi connectivity index (χ0v) is 24.4. The molecule has 2 atom stereocenters. The van der Waals surface area contributed by atoms with Gasteiger partial charge in [0, 0.05) is 47.9 Å². The van der Waals surface area contributed by atoms with E-state index in [1.165, 1.54) is 12.8 Å². The molecule has 4 fully saturated rings. The molecular formula is C34H35FN6O2. The highest BCUT2D eigenvalue weighted by molar-refractivity contribution is 6.02. The summed E-state index contributed by atoms with van der Waals surface area (Å²) in [5.74, 6) is 3.52. The van der Waals surface area contributed by atoms with Gasteiger partial charge in [-0.2, -0.15) is 9.97 Å². The molecular weight excluding hydrogens is 543 g/mol. The van der Waals surface area contributed by atoms with Crippen LogP contribution in [0.5, 0.6) is 11.8 Å². The van der Waals surface area contributed by atoms with Crippen molar-refractivity contribution in [1.29, 1.82) is 0 Å². The summed E-state index contributed by atoms with van der Waals surface area (Å²) in [5, 5.41) is 5.87. The van der Waals surface area contributed by atoms with Crippen molar-refractivity contribution in [2.45, 2.75) is 56.1 Å². The standard InChI is InChI=1S/C34H35FN6O2/c1-3-21-7-4-8-22-15-25(42-2)16-26(28(21)22)30-29(35)31-27(17-36-30)32(40-18-23-9-10-24(19-40)37-23)39-33(38-31)43-20-34-11-5-13-41(34)14-6-12-34/h1,4,7-8,15-17,23-24,37H,5-6,9-14,18-20H2,2H3/t23-,24+. The maximum Gasteiger partial charge on any atom is 0.319 e. The first-order valence-corrected chi connectivity index (χ1v) is 15.4. The Bertz CT molecular complexity index is 1770. The van der Waals surface area contributed by atoms with Gasteiger partial charge >= 0.3 is 6.01 Å². The number of anilines is 1. The molecule has 43 heavy (non-hydrogen) atoms. The number of terminal acetylenes is 1. The molecule has 0 aliphatic carbocycles. The van der Waals surface area contributed by atoms with Gasteiger partial charge in [0.05, 0.1) is 18.0 Å². The molecule has 4 aromatic rings. The summed E-state index contributed by atoms with van der Waals surface area (Å²) in [4.78, 5) is 19.2. The number of nitrogens with one attached hydrogen (secondary N) is 1. The lowest BCUT2D eigenvalue weighted by Gasteiger charge is -2.34. The first-order valence-electron chi connectivity index (χ1n) is 15.4. The maximum atomic E-state index is 16.9. The average Bonchev–Trinajstić information content (AvgIpc) is 3.72. The van der Waals surface area contributed by atoms with E-state index in [0.717, 1.165) is 62.6 Å². The number of hydrogen-bond donors (Lipinski definition) is 1. The predicted molar refractivity (Wildman–Crippen MR) is 165 cm³/mol. The van der Waals surface area contributed by atoms with Crippen molar-refractivity contribution in [1.82, 2.24) is 25.2 Å². The second kappa shape index (κ2) is 10.3. The number of nitrogens with zero attached hydrogens (tertiary/aromatic N) is 5. The number of aromatic nitrogens is 3. The summed E-state index contributed by atoms with van der Waals surface area (Å²) < 4.78 is 28.8. The van der Waals surface area contributed by atoms with Crippen molar-refractivity contribution >= 4 is 27.5 Å². The van der Waals surface area contributed by atoms with Crippen LogP contribution < -0.4 is 19.7 Å². The molecule has 8 nitrogen and oxygen atoms in total. The average molecular weight is 579 g/mol. The van der Waals surface area contributed by atoms with Crippen LogP contribution in [0.25, 0.3) is 32.9 Å². The topological polar surface area (TPSA) is 75.6 Å². The molecule has 6 heterocycles. The molecule has 9 heteroatoms. The molecule has 0 spiro atoms. The molecule has 1 N–H and O–H groups in total. The summed E-state index contributed by atoms with van der Waals surface area (Å²) in [6.45, 7) is 4.32. The monoisotopic (exact) mass is 578 g/mol. The Balaban J connectivity index is 1.28. The summed E-state index contributed by atoms with van der Waals surface area (Å²) in [6.07, 6.45) is 14.4. The lowest BCUT2D eigenvalue weighted by molar-refractivity contribution is 0.108. The lowest BCUT2D eigenvalue weighted by Crippen LogP contribution is -2.51. The molecule has 0 amide bonds. The second-order valence-corrected chi connectivity index (χ2v) is 12.5. The third kappa shape index (κ3) is 4.38. The van der Waals surface area contributed by atoms with Crippen LogP contribution in [-0.4, -0.2) is 77.4 Å². The maximum absolute atomic E-state index is 16.9. The fourth-order valence-electron chi connectivity index (χ4n) is 7.97. The predicted octanol–water partition coefficient (Wildman–Crippen LogP) is 4.92. The minimum absolute atomic E-state index is 0.0275. The summed E-state index contributed by atoms with van der Waals surface area (Å²) in [5.41, 5.74) is 1.64. The molecule has 4 saturated heterocycles. The first kappa shape index (κ1) is 26.6. The van der Waals surface area contributed by atoms with Gasteiger partial charge in [0.2, 0.25) is 0 Å². The quantitative estimate of drug-likeness (QED) is 0.323. The van der Waals surface area contributed by atoms with Gasteiger partial charge in [0.25, 0.3) is 0 Å². The minimum Gasteiger partial charge on any atom is -0.497 e. The number of rotatable bonds is 6. The van der Waals surface area contributed by atoms with Crippen LogP contribution >= 0.6 is 0 Å². The molecule has 2 aromatic carbocycles. The Hall–Kier alpha value is -4.00. The van der Waals surface area contributed by atoms with E-state index in [1.54, 1.807) is 19.4 Å². The van der Waals surface area contributed by atoms with Gasteiger partial charge in [-0.3, -0.25) is 9.88 Å². The van der Waals surface area contributed by atoms with E-state index >= 15 is 4.39 Å². The molecule has 4 aliphatic rings. The zero-order valence-electron chi connectivity index (χ0n) is 24.4. The number of fused-ring (bicyclic) bond motifs is 5. The molecule has 2 bridgehead atoms. The van der Waals surface area contributed by atoms with E-state index in [0.29, 0.717) is 46.8 Å². The molecule has 0 radical (unpaired) electrons. The van der Waals surface area contributed by atoms with Crippen LogP contribution in [-0.2, 0) is 0 Å². The second-order valence-electron chi connectivity index (χ2n) is 12.5. The molecule has 0 saturated carbocycles. The van der Waals surface area contributed by atoms with Gasteiger partial charge in [-0.05, 0) is 75.2 Å². The third-order valence-electron chi connectivity index (χ3n) is 10.0. The van der Waals surface area contributed by atoms with E-state index in [2.05, 4.69) is 21.0 Å². The Morgan fingerprint density at radius 3 is 2.65 bits per heavy atom. The highest BCUT2D eigenvalue weighted by Gasteiger charge is 2.45. The van der Waals surface area contributed by atoms with Crippen LogP contribution in [0.15, 0.2) is 36.5 Å². The highest BCUT2D eigenvalue weighted by Crippen LogP contribution is 2.41. The van der Waals surface area contributed by atoms with Crippen LogP contribution in [0.4, 0.5) is 10.2 Å². The molecule has 8 rings (SSSR count). The lowest BCUT2D eigenvalue weighted by atomic mass is 9.95. The van der Waals surface area contributed by atoms with E-state index in [-0.39, 0.29) is 22.8 Å². The third-order valence-corrected chi connectivity index (χ3v) is 10.0. The van der Waals surface area contributed by atoms with Crippen molar-refractivity contribution < 1.29 is 13.9 Å². The Labute approximate surface area is 250 Å². The van der Waals surface area contributed by atoms with E-state index < -0.39 is 5.82 Å². The normalized spacial score (nSPS) is 22.7. The summed E-state index contributed by atoms with van der Waals surface area (Å²) >= 11 is 0. The Morgan fingerprint density at radius 2 is 1.91 bits per heavy atom. The Kier molecular flexibility index (Phi) is 6.39. The smallest absolute Gasteiger partial charge is 0.319 e. The number of hydrogen-bond acceptors (Lipinski definition) is 8. The number of pyridine rings is 1. The SMILES string of the molecule is C#Cc1cccc2cc(OC)cc(-c3ncc4c(N5C[C@H]6CC[C@@H](C5)N6)nc(OCC56CCCN5CCC6)nc4c3F)c12. The van der Waals surface area contributed by atoms with Crippen LogP contribution in [0.3, 0.4) is 0 Å². The summed E-state index contributed by atoms with van der Waals surface area (Å²) in [7, 11) is 1.60. The van der Waals surface area contributed by atoms with Crippen LogP contribution in [0.2, 0.25) is 0 Å². The molecule has 4 aliphatic heterocycles. The van der Waals surface area contributed by atoms with Gasteiger partial charge < -0.3 is 19.7 Å². The Morgan fingerprint density at radius 1 is 1.12 bits per heavy atom. The van der Waals surface area contributed by atoms with Crippen molar-refractivity contribution in [2.24, 2.45) is 0 Å². The van der Waals surface area contributed by atoms with Crippen molar-refractivity contribution in [2.75, 3.05) is 44.8 Å². The van der Waals surface area contributed by atoms with Gasteiger partial charge in [-0.1, -0.05) is 18.1 Å². The van der Waals surface area contributed by atoms with Crippen molar-refractivity contribution in [3.63, 3.8) is 0 Å². The number of methoxy groups -OCH3 is 1. The number of piperazine rings is 1. The fourth-order valence-corrected chi connectivity index (χ4v) is 7.97. The number of halogens is 1. The van der Waals surface area contributed by atoms with Gasteiger partial charge in [-0.15, -0.1) is 6.42 Å². The summed E-state index contributed by atoms with van der Waals surface area (Å²) in [6, 6.07) is 10.4. The van der Waals surface area contributed by atoms with Crippen molar-refractivity contribution in [3.05, 3.63) is 47.9 Å². The fraction of sp³-hybridized carbons (Fsp3) is 0.441. The van der Waals surface area contributed by atoms with E-state index in [1.807, 2.05) is 24.3 Å².